The number of para-hydroxylation sites is 2. The largest absolute Gasteiger partial charge is 0.490 e. The Balaban J connectivity index is 1.34. The zero-order valence-electron chi connectivity index (χ0n) is 32.9. The number of nitrogens with one attached hydrogen (secondary N) is 2. The molecule has 15 heteroatoms. The van der Waals surface area contributed by atoms with E-state index in [2.05, 4.69) is 20.1 Å². The smallest absolute Gasteiger partial charge is 0.267 e. The molecule has 2 heterocycles. The maximum atomic E-state index is 14.5. The van der Waals surface area contributed by atoms with Gasteiger partial charge in [0.25, 0.3) is 21.8 Å². The highest BCUT2D eigenvalue weighted by Crippen LogP contribution is 2.30. The van der Waals surface area contributed by atoms with Crippen LogP contribution in [0.2, 0.25) is 0 Å². The van der Waals surface area contributed by atoms with E-state index >= 15 is 0 Å². The molecule has 4 aromatic rings. The molecule has 0 unspecified atom stereocenters. The quantitative estimate of drug-likeness (QED) is 0.133. The second-order valence-electron chi connectivity index (χ2n) is 14.7. The third kappa shape index (κ3) is 10.7. The molecule has 0 bridgehead atoms. The number of sulfonamides is 1. The molecule has 0 fully saturated rings. The van der Waals surface area contributed by atoms with Crippen molar-refractivity contribution in [3.63, 3.8) is 0 Å². The molecular formula is C41H54N6O8S. The predicted molar refractivity (Wildman–Crippen MR) is 215 cm³/mol. The molecule has 0 saturated heterocycles. The molecule has 0 aliphatic carbocycles. The number of aryl methyl sites for hydroxylation is 2. The summed E-state index contributed by atoms with van der Waals surface area (Å²) in [5, 5.41) is 17.0. The Bertz CT molecular complexity index is 2050. The normalized spacial score (nSPS) is 19.1. The van der Waals surface area contributed by atoms with Gasteiger partial charge in [-0.2, -0.15) is 0 Å². The van der Waals surface area contributed by atoms with Crippen molar-refractivity contribution < 1.29 is 37.1 Å². The van der Waals surface area contributed by atoms with Crippen LogP contribution in [0.3, 0.4) is 0 Å². The van der Waals surface area contributed by atoms with Crippen LogP contribution < -0.4 is 20.5 Å². The van der Waals surface area contributed by atoms with Crippen molar-refractivity contribution in [1.82, 2.24) is 15.0 Å². The number of hydrogen-bond acceptors (Lipinski definition) is 11. The molecule has 0 saturated carbocycles. The van der Waals surface area contributed by atoms with Gasteiger partial charge in [0.05, 0.1) is 41.8 Å². The van der Waals surface area contributed by atoms with Crippen molar-refractivity contribution in [2.24, 2.45) is 5.92 Å². The molecule has 4 atom stereocenters. The number of likely N-dealkylation sites (N-methyl/N-ethyl adjacent to an activating group) is 1. The van der Waals surface area contributed by atoms with Crippen LogP contribution in [-0.4, -0.2) is 91.9 Å². The molecule has 1 aliphatic heterocycles. The second kappa shape index (κ2) is 18.8. The van der Waals surface area contributed by atoms with Crippen molar-refractivity contribution in [2.75, 3.05) is 49.1 Å². The minimum Gasteiger partial charge on any atom is -0.490 e. The van der Waals surface area contributed by atoms with Gasteiger partial charge in [0.15, 0.2) is 10.7 Å². The Morgan fingerprint density at radius 2 is 1.82 bits per heavy atom. The molecule has 3 aromatic carbocycles. The Morgan fingerprint density at radius 1 is 1.09 bits per heavy atom. The number of anilines is 3. The lowest BCUT2D eigenvalue weighted by atomic mass is 10.0. The third-order valence-electron chi connectivity index (χ3n) is 9.91. The number of amides is 2. The number of nitrogens with two attached hydrogens (primary N) is 1. The zero-order valence-corrected chi connectivity index (χ0v) is 33.8. The number of carbonyl (C=O) groups excluding carboxylic acids is 2. The van der Waals surface area contributed by atoms with E-state index in [1.54, 1.807) is 55.1 Å². The van der Waals surface area contributed by atoms with E-state index in [4.69, 9.17) is 19.7 Å². The summed E-state index contributed by atoms with van der Waals surface area (Å²) < 4.78 is 47.3. The van der Waals surface area contributed by atoms with Gasteiger partial charge in [-0.1, -0.05) is 36.3 Å². The van der Waals surface area contributed by atoms with E-state index in [1.807, 2.05) is 45.2 Å². The fourth-order valence-corrected chi connectivity index (χ4v) is 8.14. The van der Waals surface area contributed by atoms with Gasteiger partial charge in [0.1, 0.15) is 11.4 Å². The molecule has 2 amide bonds. The van der Waals surface area contributed by atoms with E-state index in [0.29, 0.717) is 48.8 Å². The first-order valence-corrected chi connectivity index (χ1v) is 20.4. The maximum absolute atomic E-state index is 14.5. The summed E-state index contributed by atoms with van der Waals surface area (Å²) in [6.07, 6.45) is 1.84. The molecule has 5 N–H and O–H groups in total. The number of ether oxygens (including phenoxy) is 2. The lowest BCUT2D eigenvalue weighted by molar-refractivity contribution is -0.0177. The number of aliphatic hydroxyl groups excluding tert-OH is 1. The Labute approximate surface area is 329 Å². The van der Waals surface area contributed by atoms with Gasteiger partial charge in [-0.15, -0.1) is 0 Å². The highest BCUT2D eigenvalue weighted by molar-refractivity contribution is 7.92. The van der Waals surface area contributed by atoms with Gasteiger partial charge in [0, 0.05) is 43.4 Å². The average molecular weight is 791 g/mol. The number of aliphatic hydroxyl groups is 1. The first-order chi connectivity index (χ1) is 26.7. The van der Waals surface area contributed by atoms with Gasteiger partial charge in [0.2, 0.25) is 0 Å². The summed E-state index contributed by atoms with van der Waals surface area (Å²) in [5.41, 5.74) is 9.10. The molecule has 0 radical (unpaired) electrons. The number of nitrogen functional groups attached to an aromatic ring is 1. The summed E-state index contributed by atoms with van der Waals surface area (Å²) in [6, 6.07) is 18.6. The zero-order chi connectivity index (χ0) is 40.6. The number of fused-ring (bicyclic) bond motifs is 1. The standard InChI is InChI=1S/C41H54N6O8S/c1-26-22-47(27(2)25-48)41(50)34-21-33(45-56(51,52)39-29(4)44-55-30(39)5)18-19-37(34)54-28(3)11-9-10-20-53-38(26)24-46(6)23-31-14-16-32(17-15-31)40(49)43-36-13-8-7-12-35(36)42/h7-8,12-19,21,26-28,38,45,48H,9-11,20,22-25,42H2,1-6H3,(H,43,49)/t26-,27-,28+,38+/m0/s1. The number of carbonyl (C=O) groups is 2. The molecule has 14 nitrogen and oxygen atoms in total. The summed E-state index contributed by atoms with van der Waals surface area (Å²) in [7, 11) is -2.09. The minimum atomic E-state index is -4.09. The number of aromatic nitrogens is 1. The maximum Gasteiger partial charge on any atom is 0.267 e. The van der Waals surface area contributed by atoms with E-state index < -0.39 is 22.0 Å². The van der Waals surface area contributed by atoms with Crippen molar-refractivity contribution in [3.8, 4) is 5.75 Å². The summed E-state index contributed by atoms with van der Waals surface area (Å²) >= 11 is 0. The van der Waals surface area contributed by atoms with Crippen LogP contribution in [0, 0.1) is 19.8 Å². The predicted octanol–water partition coefficient (Wildman–Crippen LogP) is 5.85. The van der Waals surface area contributed by atoms with Crippen LogP contribution in [0.1, 0.15) is 77.8 Å². The van der Waals surface area contributed by atoms with Crippen LogP contribution in [0.15, 0.2) is 76.1 Å². The molecule has 1 aliphatic rings. The molecule has 302 valence electrons. The highest BCUT2D eigenvalue weighted by atomic mass is 32.2. The Morgan fingerprint density at radius 3 is 2.50 bits per heavy atom. The van der Waals surface area contributed by atoms with Gasteiger partial charge in [-0.05, 0) is 102 Å². The van der Waals surface area contributed by atoms with E-state index in [0.717, 1.165) is 18.4 Å². The van der Waals surface area contributed by atoms with Crippen molar-refractivity contribution in [2.45, 2.75) is 83.6 Å². The van der Waals surface area contributed by atoms with Gasteiger partial charge in [-0.25, -0.2) is 8.42 Å². The van der Waals surface area contributed by atoms with Crippen LogP contribution in [0.25, 0.3) is 0 Å². The van der Waals surface area contributed by atoms with E-state index in [-0.39, 0.29) is 64.8 Å². The first kappa shape index (κ1) is 42.2. The first-order valence-electron chi connectivity index (χ1n) is 18.9. The molecule has 56 heavy (non-hydrogen) atoms. The third-order valence-corrected chi connectivity index (χ3v) is 11.5. The number of rotatable bonds is 11. The van der Waals surface area contributed by atoms with Gasteiger partial charge < -0.3 is 35.1 Å². The Hall–Kier alpha value is -4.96. The minimum absolute atomic E-state index is 0.0663. The van der Waals surface area contributed by atoms with Crippen LogP contribution in [0.5, 0.6) is 5.75 Å². The molecule has 5 rings (SSSR count). The second-order valence-corrected chi connectivity index (χ2v) is 16.3. The topological polar surface area (TPSA) is 190 Å². The van der Waals surface area contributed by atoms with Crippen molar-refractivity contribution in [1.29, 1.82) is 0 Å². The Kier molecular flexibility index (Phi) is 14.2. The SMILES string of the molecule is Cc1noc(C)c1S(=O)(=O)Nc1ccc2c(c1)C(=O)N([C@@H](C)CO)C[C@H](C)[C@@H](CN(C)Cc1ccc(C(=O)Nc3ccccc3N)cc1)OCCCC[C@@H](C)O2. The lowest BCUT2D eigenvalue weighted by Crippen LogP contribution is -2.47. The molecule has 1 aromatic heterocycles. The van der Waals surface area contributed by atoms with Crippen LogP contribution in [0.4, 0.5) is 17.1 Å². The average Bonchev–Trinajstić information content (AvgIpc) is 3.51. The fraction of sp³-hybridized carbons (Fsp3) is 0.439. The number of nitrogens with zero attached hydrogens (tertiary/aromatic N) is 3. The summed E-state index contributed by atoms with van der Waals surface area (Å²) in [4.78, 5) is 31.1. The molecular weight excluding hydrogens is 737 g/mol. The van der Waals surface area contributed by atoms with E-state index in [1.165, 1.54) is 13.0 Å². The summed E-state index contributed by atoms with van der Waals surface area (Å²) in [5.74, 6) is -0.364. The van der Waals surface area contributed by atoms with Gasteiger partial charge in [-0.3, -0.25) is 19.2 Å². The number of hydrogen-bond donors (Lipinski definition) is 4. The number of benzene rings is 3. The van der Waals surface area contributed by atoms with Crippen molar-refractivity contribution in [3.05, 3.63) is 94.9 Å². The van der Waals surface area contributed by atoms with Crippen molar-refractivity contribution >= 4 is 38.9 Å². The van der Waals surface area contributed by atoms with Crippen LogP contribution >= 0.6 is 0 Å². The fourth-order valence-electron chi connectivity index (χ4n) is 6.76. The summed E-state index contributed by atoms with van der Waals surface area (Å²) in [6.45, 7) is 10.4. The van der Waals surface area contributed by atoms with E-state index in [9.17, 15) is 23.1 Å². The van der Waals surface area contributed by atoms with Crippen LogP contribution in [-0.2, 0) is 21.3 Å². The molecule has 0 spiro atoms. The monoisotopic (exact) mass is 790 g/mol. The van der Waals surface area contributed by atoms with Gasteiger partial charge >= 0.3 is 0 Å². The highest BCUT2D eigenvalue weighted by Gasteiger charge is 2.31. The lowest BCUT2D eigenvalue weighted by Gasteiger charge is -2.36.